The zero-order valence-electron chi connectivity index (χ0n) is 10.4. The lowest BCUT2D eigenvalue weighted by Gasteiger charge is -2.32. The second-order valence-corrected chi connectivity index (χ2v) is 4.90. The van der Waals surface area contributed by atoms with Crippen molar-refractivity contribution in [2.24, 2.45) is 0 Å². The maximum atomic E-state index is 11.2. The van der Waals surface area contributed by atoms with Crippen molar-refractivity contribution in [3.8, 4) is 0 Å². The van der Waals surface area contributed by atoms with Crippen LogP contribution >= 0.6 is 7.82 Å². The van der Waals surface area contributed by atoms with Gasteiger partial charge in [-0.3, -0.25) is 4.52 Å². The molecule has 0 rings (SSSR count). The molecule has 0 saturated carbocycles. The van der Waals surface area contributed by atoms with Crippen LogP contribution in [0.3, 0.4) is 0 Å². The molecule has 0 aliphatic rings. The summed E-state index contributed by atoms with van der Waals surface area (Å²) in [5.74, 6) is -1.90. The number of carbonyl (C=O) groups is 1. The summed E-state index contributed by atoms with van der Waals surface area (Å²) in [5.41, 5.74) is -3.25. The standard InChI is InChI=1S/C7H15O11P/c8-1-3(9)4(10)5(11)7(14,6(12)13)2-18-19(15,16)17/h3-5,8-11,14H,1-2H2,(H,12,13)(H2,15,16,17)/t3-,4-,5+,7-/m1/s1/i/hD. The van der Waals surface area contributed by atoms with E-state index in [1.807, 2.05) is 0 Å². The number of hydrogen-bond acceptors (Lipinski definition) is 9. The van der Waals surface area contributed by atoms with Gasteiger partial charge in [0.15, 0.2) is 0 Å². The van der Waals surface area contributed by atoms with Crippen molar-refractivity contribution in [1.82, 2.24) is 0 Å². The molecule has 0 bridgehead atoms. The predicted octanol–water partition coefficient (Wildman–Crippen LogP) is -4.01. The van der Waals surface area contributed by atoms with Gasteiger partial charge in [-0.2, -0.15) is 0 Å². The van der Waals surface area contributed by atoms with Gasteiger partial charge < -0.3 is 40.4 Å². The minimum Gasteiger partial charge on any atom is -0.479 e. The maximum Gasteiger partial charge on any atom is 0.469 e. The predicted molar refractivity (Wildman–Crippen MR) is 55.7 cm³/mol. The number of carboxylic acids is 1. The molecule has 12 heteroatoms. The fraction of sp³-hybridized carbons (Fsp3) is 0.857. The highest BCUT2D eigenvalue weighted by atomic mass is 31.2. The molecule has 0 fully saturated rings. The van der Waals surface area contributed by atoms with Gasteiger partial charge in [0.1, 0.15) is 24.9 Å². The zero-order valence-corrected chi connectivity index (χ0v) is 10.3. The number of aliphatic carboxylic acids is 1. The number of aliphatic hydroxyl groups excluding tert-OH is 4. The quantitative estimate of drug-likeness (QED) is 0.203. The Balaban J connectivity index is 5.22. The average Bonchev–Trinajstić information content (AvgIpc) is 2.40. The molecule has 0 heterocycles. The van der Waals surface area contributed by atoms with Gasteiger partial charge in [0.25, 0.3) is 1.43 Å². The van der Waals surface area contributed by atoms with Crippen molar-refractivity contribution in [3.63, 3.8) is 0 Å². The van der Waals surface area contributed by atoms with Crippen LogP contribution < -0.4 is 0 Å². The first kappa shape index (κ1) is 16.4. The molecule has 0 saturated heterocycles. The van der Waals surface area contributed by atoms with Crippen molar-refractivity contribution < 1.29 is 54.3 Å². The van der Waals surface area contributed by atoms with Gasteiger partial charge in [-0.25, -0.2) is 9.36 Å². The van der Waals surface area contributed by atoms with Crippen molar-refractivity contribution >= 4 is 13.8 Å². The molecule has 11 nitrogen and oxygen atoms in total. The summed E-state index contributed by atoms with van der Waals surface area (Å²) in [6.45, 7) is -2.59. The molecular formula is C7H15O11P. The van der Waals surface area contributed by atoms with E-state index in [-0.39, 0.29) is 0 Å². The van der Waals surface area contributed by atoms with E-state index in [1.165, 1.54) is 0 Å². The SMILES string of the molecule is [2H]OC(=O)[C@@](O)(COP(=O)(O)O)[C@@H](O)[C@H](O)[C@H](O)CO. The smallest absolute Gasteiger partial charge is 0.469 e. The van der Waals surface area contributed by atoms with E-state index >= 15 is 0 Å². The van der Waals surface area contributed by atoms with Gasteiger partial charge in [-0.05, 0) is 0 Å². The lowest BCUT2D eigenvalue weighted by molar-refractivity contribution is -0.197. The van der Waals surface area contributed by atoms with E-state index in [4.69, 9.17) is 21.4 Å². The molecule has 0 aromatic heterocycles. The number of hydrogen-bond donors (Lipinski definition) is 8. The molecule has 0 spiro atoms. The number of carboxylic acid groups (broad SMARTS) is 1. The number of phosphoric acid groups is 1. The third-order valence-electron chi connectivity index (χ3n) is 2.20. The first-order chi connectivity index (χ1) is 8.99. The fourth-order valence-corrected chi connectivity index (χ4v) is 1.41. The van der Waals surface area contributed by atoms with E-state index < -0.39 is 50.9 Å². The Kier molecular flexibility index (Phi) is 5.80. The first-order valence-electron chi connectivity index (χ1n) is 5.15. The second-order valence-electron chi connectivity index (χ2n) is 3.66. The fourth-order valence-electron chi connectivity index (χ4n) is 1.05. The van der Waals surface area contributed by atoms with Crippen LogP contribution in [0.15, 0.2) is 0 Å². The van der Waals surface area contributed by atoms with E-state index in [9.17, 15) is 24.7 Å². The minimum atomic E-state index is -5.15. The van der Waals surface area contributed by atoms with Crippen LogP contribution in [0.25, 0.3) is 1.43 Å². The highest BCUT2D eigenvalue weighted by Crippen LogP contribution is 2.37. The summed E-state index contributed by atoms with van der Waals surface area (Å²) >= 11 is 0. The van der Waals surface area contributed by atoms with Gasteiger partial charge >= 0.3 is 13.8 Å². The molecule has 19 heavy (non-hydrogen) atoms. The molecule has 0 amide bonds. The van der Waals surface area contributed by atoms with Crippen molar-refractivity contribution in [1.29, 1.82) is 1.43 Å². The molecule has 0 radical (unpaired) electrons. The van der Waals surface area contributed by atoms with Crippen molar-refractivity contribution in [2.75, 3.05) is 13.2 Å². The molecule has 0 aliphatic carbocycles. The Morgan fingerprint density at radius 3 is 2.26 bits per heavy atom. The largest absolute Gasteiger partial charge is 0.479 e. The van der Waals surface area contributed by atoms with E-state index in [2.05, 4.69) is 9.63 Å². The van der Waals surface area contributed by atoms with Gasteiger partial charge in [0, 0.05) is 0 Å². The van der Waals surface area contributed by atoms with Crippen LogP contribution in [-0.4, -0.2) is 83.5 Å². The average molecular weight is 307 g/mol. The lowest BCUT2D eigenvalue weighted by Crippen LogP contribution is -2.60. The summed E-state index contributed by atoms with van der Waals surface area (Å²) in [7, 11) is -5.15. The Bertz CT molecular complexity index is 372. The van der Waals surface area contributed by atoms with Crippen LogP contribution in [0.5, 0.6) is 0 Å². The van der Waals surface area contributed by atoms with Crippen LogP contribution in [0.1, 0.15) is 0 Å². The summed E-state index contributed by atoms with van der Waals surface area (Å²) in [4.78, 5) is 28.1. The first-order valence-corrected chi connectivity index (χ1v) is 6.27. The number of rotatable bonds is 8. The highest BCUT2D eigenvalue weighted by molar-refractivity contribution is 7.46. The summed E-state index contributed by atoms with van der Waals surface area (Å²) in [6.07, 6.45) is -6.83. The Labute approximate surface area is 108 Å². The Morgan fingerprint density at radius 1 is 1.37 bits per heavy atom. The molecule has 0 aromatic rings. The normalized spacial score (nSPS) is 20.9. The second kappa shape index (κ2) is 6.70. The topological polar surface area (TPSA) is 205 Å². The summed E-state index contributed by atoms with van der Waals surface area (Å²) < 4.78 is 20.6. The molecule has 8 N–H and O–H groups in total. The molecule has 114 valence electrons. The van der Waals surface area contributed by atoms with Crippen LogP contribution in [-0.2, 0) is 13.9 Å². The lowest BCUT2D eigenvalue weighted by atomic mass is 9.91. The van der Waals surface area contributed by atoms with Crippen LogP contribution in [0.2, 0.25) is 0 Å². The monoisotopic (exact) mass is 307 g/mol. The third-order valence-corrected chi connectivity index (χ3v) is 2.67. The van der Waals surface area contributed by atoms with Gasteiger partial charge in [-0.15, -0.1) is 0 Å². The van der Waals surface area contributed by atoms with Gasteiger partial charge in [-0.1, -0.05) is 0 Å². The van der Waals surface area contributed by atoms with E-state index in [0.29, 0.717) is 0 Å². The molecule has 0 aromatic carbocycles. The molecular weight excluding hydrogens is 291 g/mol. The summed E-state index contributed by atoms with van der Waals surface area (Å²) in [6, 6.07) is 0. The number of aliphatic hydroxyl groups is 5. The summed E-state index contributed by atoms with van der Waals surface area (Å²) in [5, 5.41) is 49.7. The zero-order chi connectivity index (χ0) is 16.1. The molecule has 0 aliphatic heterocycles. The molecule has 4 atom stereocenters. The van der Waals surface area contributed by atoms with Crippen molar-refractivity contribution in [3.05, 3.63) is 0 Å². The van der Waals surface area contributed by atoms with Crippen molar-refractivity contribution in [2.45, 2.75) is 23.9 Å². The maximum absolute atomic E-state index is 11.2. The molecule has 0 unspecified atom stereocenters. The van der Waals surface area contributed by atoms with E-state index in [0.717, 1.165) is 0 Å². The van der Waals surface area contributed by atoms with Gasteiger partial charge in [0.05, 0.1) is 6.61 Å². The number of phosphoric ester groups is 1. The highest BCUT2D eigenvalue weighted by Gasteiger charge is 2.50. The Hall–Kier alpha value is -0.620. The van der Waals surface area contributed by atoms with Crippen LogP contribution in [0.4, 0.5) is 0 Å². The van der Waals surface area contributed by atoms with Gasteiger partial charge in [0.2, 0.25) is 5.60 Å². The Morgan fingerprint density at radius 2 is 1.89 bits per heavy atom. The minimum absolute atomic E-state index is 1.05. The van der Waals surface area contributed by atoms with E-state index in [1.54, 1.807) is 0 Å². The third kappa shape index (κ3) is 5.10. The van der Waals surface area contributed by atoms with Crippen LogP contribution in [0, 0.1) is 0 Å².